The molecule has 11 heteroatoms. The van der Waals surface area contributed by atoms with Crippen LogP contribution in [0.4, 0.5) is 11.8 Å². The van der Waals surface area contributed by atoms with Crippen LogP contribution in [-0.2, 0) is 9.53 Å². The first kappa shape index (κ1) is 32.0. The number of nitrogens with one attached hydrogen (secondary N) is 1. The second kappa shape index (κ2) is 12.9. The number of aromatic amines is 1. The Morgan fingerprint density at radius 1 is 1.04 bits per heavy atom. The number of piperidine rings is 1. The lowest BCUT2D eigenvalue weighted by atomic mass is 9.72. The third-order valence-corrected chi connectivity index (χ3v) is 11.3. The number of ether oxygens (including phenoxy) is 2. The topological polar surface area (TPSA) is 103 Å². The van der Waals surface area contributed by atoms with Gasteiger partial charge in [0.1, 0.15) is 11.3 Å². The van der Waals surface area contributed by atoms with Crippen LogP contribution in [0.15, 0.2) is 37.1 Å². The molecule has 0 radical (unpaired) electrons. The van der Waals surface area contributed by atoms with Gasteiger partial charge in [-0.3, -0.25) is 14.8 Å². The average molecular weight is 665 g/mol. The number of aromatic nitrogens is 4. The summed E-state index contributed by atoms with van der Waals surface area (Å²) in [6, 6.07) is 6.69. The van der Waals surface area contributed by atoms with Crippen LogP contribution in [0.25, 0.3) is 32.9 Å². The van der Waals surface area contributed by atoms with Gasteiger partial charge in [0.15, 0.2) is 5.75 Å². The minimum atomic E-state index is 0.0371. The first-order valence-electron chi connectivity index (χ1n) is 18.0. The molecule has 3 saturated heterocycles. The molecule has 2 aromatic carbocycles. The van der Waals surface area contributed by atoms with Gasteiger partial charge >= 0.3 is 0 Å². The summed E-state index contributed by atoms with van der Waals surface area (Å²) in [5, 5.41) is 9.80. The molecule has 1 amide bonds. The lowest BCUT2D eigenvalue weighted by molar-refractivity contribution is -0.139. The molecule has 4 aliphatic rings. The fourth-order valence-corrected chi connectivity index (χ4v) is 8.28. The summed E-state index contributed by atoms with van der Waals surface area (Å²) in [5.41, 5.74) is 6.94. The molecule has 258 valence electrons. The predicted molar refractivity (Wildman–Crippen MR) is 194 cm³/mol. The van der Waals surface area contributed by atoms with Crippen LogP contribution in [0.5, 0.6) is 5.75 Å². The molecule has 11 nitrogen and oxygen atoms in total. The van der Waals surface area contributed by atoms with Gasteiger partial charge in [-0.25, -0.2) is 4.98 Å². The van der Waals surface area contributed by atoms with Gasteiger partial charge < -0.3 is 24.2 Å². The van der Waals surface area contributed by atoms with Crippen LogP contribution < -0.4 is 14.5 Å². The molecular formula is C38H48N8O3. The Labute approximate surface area is 288 Å². The van der Waals surface area contributed by atoms with E-state index in [4.69, 9.17) is 19.4 Å². The second-order valence-electron chi connectivity index (χ2n) is 14.4. The molecule has 1 spiro atoms. The molecule has 3 aliphatic heterocycles. The zero-order chi connectivity index (χ0) is 33.7. The highest BCUT2D eigenvalue weighted by Gasteiger charge is 2.46. The number of rotatable bonds is 10. The Balaban J connectivity index is 1.25. The monoisotopic (exact) mass is 664 g/mol. The number of anilines is 2. The van der Waals surface area contributed by atoms with Crippen LogP contribution in [-0.4, -0.2) is 115 Å². The Kier molecular flexibility index (Phi) is 8.43. The van der Waals surface area contributed by atoms with Crippen molar-refractivity contribution >= 4 is 39.5 Å². The van der Waals surface area contributed by atoms with Gasteiger partial charge in [-0.15, -0.1) is 0 Å². The summed E-state index contributed by atoms with van der Waals surface area (Å²) in [5.74, 6) is 3.14. The van der Waals surface area contributed by atoms with Crippen molar-refractivity contribution in [3.05, 3.63) is 48.2 Å². The molecule has 4 aromatic rings. The van der Waals surface area contributed by atoms with Gasteiger partial charge in [-0.2, -0.15) is 10.1 Å². The van der Waals surface area contributed by atoms with E-state index >= 15 is 0 Å². The Hall–Kier alpha value is -4.22. The van der Waals surface area contributed by atoms with E-state index in [9.17, 15) is 4.79 Å². The Morgan fingerprint density at radius 3 is 2.51 bits per heavy atom. The molecular weight excluding hydrogens is 616 g/mol. The van der Waals surface area contributed by atoms with Crippen LogP contribution in [0.1, 0.15) is 49.7 Å². The van der Waals surface area contributed by atoms with E-state index in [2.05, 4.69) is 63.5 Å². The summed E-state index contributed by atoms with van der Waals surface area (Å²) < 4.78 is 12.1. The summed E-state index contributed by atoms with van der Waals surface area (Å²) >= 11 is 0. The standard InChI is InChI=1S/C38H48N8O3/c1-5-31(47)46-23-38(24-46)11-13-44(14-12-38)36-28-21-27(26-8-9-26)33(32-25(3)7-10-30-29(32)22-39-42-30)35(49-6-2)34(28)40-37(41-36)45-17-15-43(16-18-45)19-20-48-4/h5,7,10,21-22,26H,1,6,8-9,11-20,23-24H2,2-4H3,(H,39,42). The third kappa shape index (κ3) is 5.80. The number of carbonyl (C=O) groups excluding carboxylic acids is 1. The van der Waals surface area contributed by atoms with E-state index in [0.717, 1.165) is 136 Å². The number of carbonyl (C=O) groups is 1. The molecule has 0 unspecified atom stereocenters. The van der Waals surface area contributed by atoms with Crippen molar-refractivity contribution in [2.75, 3.05) is 89.0 Å². The van der Waals surface area contributed by atoms with Gasteiger partial charge in [-0.1, -0.05) is 12.6 Å². The molecule has 1 saturated carbocycles. The number of fused-ring (bicyclic) bond motifs is 2. The van der Waals surface area contributed by atoms with Gasteiger partial charge in [0.2, 0.25) is 11.9 Å². The van der Waals surface area contributed by atoms with Crippen molar-refractivity contribution in [1.29, 1.82) is 0 Å². The number of benzene rings is 2. The zero-order valence-corrected chi connectivity index (χ0v) is 29.1. The number of likely N-dealkylation sites (tertiary alicyclic amines) is 1. The summed E-state index contributed by atoms with van der Waals surface area (Å²) in [6.07, 6.45) is 7.77. The van der Waals surface area contributed by atoms with Crippen LogP contribution in [0.2, 0.25) is 0 Å². The van der Waals surface area contributed by atoms with Crippen LogP contribution in [0, 0.1) is 12.3 Å². The van der Waals surface area contributed by atoms with Crippen LogP contribution in [0.3, 0.4) is 0 Å². The van der Waals surface area contributed by atoms with Crippen molar-refractivity contribution in [2.45, 2.75) is 45.4 Å². The van der Waals surface area contributed by atoms with Crippen molar-refractivity contribution in [3.63, 3.8) is 0 Å². The highest BCUT2D eigenvalue weighted by molar-refractivity contribution is 6.06. The van der Waals surface area contributed by atoms with Gasteiger partial charge in [0, 0.05) is 87.8 Å². The molecule has 1 aliphatic carbocycles. The van der Waals surface area contributed by atoms with E-state index in [1.165, 1.54) is 22.8 Å². The average Bonchev–Trinajstić information content (AvgIpc) is 3.85. The lowest BCUT2D eigenvalue weighted by Gasteiger charge is -2.54. The molecule has 0 atom stereocenters. The minimum Gasteiger partial charge on any atom is -0.491 e. The van der Waals surface area contributed by atoms with Gasteiger partial charge in [0.25, 0.3) is 0 Å². The van der Waals surface area contributed by atoms with Gasteiger partial charge in [-0.05, 0) is 80.3 Å². The summed E-state index contributed by atoms with van der Waals surface area (Å²) in [7, 11) is 1.76. The number of methoxy groups -OCH3 is 1. The number of hydrogen-bond acceptors (Lipinski definition) is 9. The van der Waals surface area contributed by atoms with Gasteiger partial charge in [0.05, 0.1) is 24.9 Å². The fraction of sp³-hybridized carbons (Fsp3) is 0.526. The minimum absolute atomic E-state index is 0.0371. The molecule has 5 heterocycles. The lowest BCUT2D eigenvalue weighted by Crippen LogP contribution is -2.61. The first-order chi connectivity index (χ1) is 23.9. The highest BCUT2D eigenvalue weighted by Crippen LogP contribution is 2.53. The van der Waals surface area contributed by atoms with Crippen molar-refractivity contribution in [2.24, 2.45) is 5.41 Å². The van der Waals surface area contributed by atoms with Crippen molar-refractivity contribution < 1.29 is 14.3 Å². The maximum absolute atomic E-state index is 12.2. The third-order valence-electron chi connectivity index (χ3n) is 11.3. The van der Waals surface area contributed by atoms with E-state index in [-0.39, 0.29) is 11.3 Å². The summed E-state index contributed by atoms with van der Waals surface area (Å²) in [4.78, 5) is 32.3. The van der Waals surface area contributed by atoms with Crippen LogP contribution >= 0.6 is 0 Å². The van der Waals surface area contributed by atoms with E-state index in [1.54, 1.807) is 7.11 Å². The predicted octanol–water partition coefficient (Wildman–Crippen LogP) is 5.14. The quantitative estimate of drug-likeness (QED) is 0.231. The molecule has 49 heavy (non-hydrogen) atoms. The highest BCUT2D eigenvalue weighted by atomic mass is 16.5. The van der Waals surface area contributed by atoms with Crippen molar-refractivity contribution in [3.8, 4) is 16.9 Å². The Morgan fingerprint density at radius 2 is 1.82 bits per heavy atom. The number of aryl methyl sites for hydroxylation is 1. The fourth-order valence-electron chi connectivity index (χ4n) is 8.28. The molecule has 0 bridgehead atoms. The molecule has 4 fully saturated rings. The molecule has 1 N–H and O–H groups in total. The van der Waals surface area contributed by atoms with E-state index < -0.39 is 0 Å². The number of hydrogen-bond donors (Lipinski definition) is 1. The van der Waals surface area contributed by atoms with E-state index in [0.29, 0.717) is 12.5 Å². The molecule has 8 rings (SSSR count). The number of H-pyrrole nitrogens is 1. The number of nitrogens with zero attached hydrogens (tertiary/aromatic N) is 7. The number of piperazine rings is 1. The van der Waals surface area contributed by atoms with E-state index in [1.807, 2.05) is 11.1 Å². The Bertz CT molecular complexity index is 1880. The SMILES string of the molecule is C=CC(=O)N1CC2(CCN(c3nc(N4CCN(CCOC)CC4)nc4c(OCC)c(-c5c(C)ccc6[nH]ncc56)c(C5CC5)cc34)CC2)C1. The largest absolute Gasteiger partial charge is 0.491 e. The second-order valence-corrected chi connectivity index (χ2v) is 14.4. The maximum Gasteiger partial charge on any atom is 0.245 e. The summed E-state index contributed by atoms with van der Waals surface area (Å²) in [6.45, 7) is 17.2. The zero-order valence-electron chi connectivity index (χ0n) is 29.1. The first-order valence-corrected chi connectivity index (χ1v) is 18.0. The smallest absolute Gasteiger partial charge is 0.245 e. The maximum atomic E-state index is 12.2. The number of amides is 1. The molecule has 2 aromatic heterocycles. The normalized spacial score (nSPS) is 19.5. The van der Waals surface area contributed by atoms with Crippen molar-refractivity contribution in [1.82, 2.24) is 30.0 Å².